The van der Waals surface area contributed by atoms with Gasteiger partial charge in [0.25, 0.3) is 15.9 Å². The highest BCUT2D eigenvalue weighted by Crippen LogP contribution is 2.18. The van der Waals surface area contributed by atoms with Crippen LogP contribution in [0.15, 0.2) is 65.7 Å². The van der Waals surface area contributed by atoms with Crippen molar-refractivity contribution >= 4 is 27.6 Å². The minimum absolute atomic E-state index is 0.00509. The molecule has 156 valence electrons. The summed E-state index contributed by atoms with van der Waals surface area (Å²) in [5, 5.41) is 2.71. The van der Waals surface area contributed by atoms with Gasteiger partial charge in [0.15, 0.2) is 6.10 Å². The number of nitrogens with zero attached hydrogens (tertiary/aromatic N) is 2. The summed E-state index contributed by atoms with van der Waals surface area (Å²) in [7, 11) is -3.85. The molecule has 2 N–H and O–H groups in total. The molecule has 0 bridgehead atoms. The highest BCUT2D eigenvalue weighted by molar-refractivity contribution is 7.92. The number of anilines is 2. The van der Waals surface area contributed by atoms with Crippen LogP contribution in [0.1, 0.15) is 18.2 Å². The Hall–Kier alpha value is -3.46. The molecule has 1 amide bonds. The predicted octanol–water partition coefficient (Wildman–Crippen LogP) is 3.30. The lowest BCUT2D eigenvalue weighted by molar-refractivity contribution is -0.122. The van der Waals surface area contributed by atoms with Crippen LogP contribution >= 0.6 is 0 Å². The summed E-state index contributed by atoms with van der Waals surface area (Å²) < 4.78 is 33.0. The molecule has 0 saturated heterocycles. The van der Waals surface area contributed by atoms with E-state index in [-0.39, 0.29) is 16.8 Å². The van der Waals surface area contributed by atoms with Gasteiger partial charge in [-0.05, 0) is 68.8 Å². The fourth-order valence-electron chi connectivity index (χ4n) is 2.58. The van der Waals surface area contributed by atoms with Crippen molar-refractivity contribution in [1.82, 2.24) is 9.97 Å². The van der Waals surface area contributed by atoms with Gasteiger partial charge in [0, 0.05) is 17.6 Å². The second-order valence-corrected chi connectivity index (χ2v) is 8.40. The van der Waals surface area contributed by atoms with Gasteiger partial charge in [0.2, 0.25) is 5.95 Å². The number of aryl methyl sites for hydroxylation is 2. The van der Waals surface area contributed by atoms with Gasteiger partial charge in [-0.25, -0.2) is 23.1 Å². The zero-order chi connectivity index (χ0) is 21.7. The number of rotatable bonds is 7. The van der Waals surface area contributed by atoms with Crippen LogP contribution in [0.25, 0.3) is 0 Å². The number of hydrogen-bond donors (Lipinski definition) is 2. The first kappa shape index (κ1) is 21.3. The normalized spacial score (nSPS) is 12.1. The van der Waals surface area contributed by atoms with Crippen LogP contribution in [-0.2, 0) is 14.8 Å². The van der Waals surface area contributed by atoms with Crippen LogP contribution in [0.3, 0.4) is 0 Å². The third-order valence-electron chi connectivity index (χ3n) is 4.12. The highest BCUT2D eigenvalue weighted by atomic mass is 32.2. The minimum atomic E-state index is -3.85. The second-order valence-electron chi connectivity index (χ2n) is 6.72. The molecular weight excluding hydrogens is 404 g/mol. The Morgan fingerprint density at radius 3 is 2.47 bits per heavy atom. The molecule has 0 fully saturated rings. The van der Waals surface area contributed by atoms with Gasteiger partial charge in [-0.2, -0.15) is 0 Å². The molecule has 0 saturated carbocycles. The predicted molar refractivity (Wildman–Crippen MR) is 114 cm³/mol. The summed E-state index contributed by atoms with van der Waals surface area (Å²) in [5.41, 5.74) is 2.12. The van der Waals surface area contributed by atoms with E-state index in [2.05, 4.69) is 20.0 Å². The number of carbonyl (C=O) groups is 1. The molecule has 0 aliphatic carbocycles. The Balaban J connectivity index is 1.64. The highest BCUT2D eigenvalue weighted by Gasteiger charge is 2.18. The van der Waals surface area contributed by atoms with Crippen LogP contribution in [0.2, 0.25) is 0 Å². The maximum absolute atomic E-state index is 12.5. The van der Waals surface area contributed by atoms with Gasteiger partial charge >= 0.3 is 0 Å². The number of benzene rings is 2. The molecule has 30 heavy (non-hydrogen) atoms. The van der Waals surface area contributed by atoms with E-state index in [1.54, 1.807) is 26.0 Å². The maximum atomic E-state index is 12.5. The van der Waals surface area contributed by atoms with E-state index in [0.29, 0.717) is 17.1 Å². The lowest BCUT2D eigenvalue weighted by Crippen LogP contribution is -2.30. The number of hydrogen-bond acceptors (Lipinski definition) is 6. The van der Waals surface area contributed by atoms with E-state index in [9.17, 15) is 13.2 Å². The average Bonchev–Trinajstić information content (AvgIpc) is 2.68. The standard InChI is InChI=1S/C21H22N4O4S/c1-14-5-4-6-18(13-14)29-16(3)20(26)24-17-7-9-19(10-8-17)30(27,28)25-21-22-12-11-15(2)23-21/h4-13,16H,1-3H3,(H,24,26)(H,22,23,25)/t16-/m0/s1. The van der Waals surface area contributed by atoms with Gasteiger partial charge in [0.1, 0.15) is 5.75 Å². The zero-order valence-corrected chi connectivity index (χ0v) is 17.6. The Bertz CT molecular complexity index is 1150. The number of ether oxygens (including phenoxy) is 1. The second kappa shape index (κ2) is 8.91. The van der Waals surface area contributed by atoms with E-state index in [1.165, 1.54) is 30.5 Å². The molecule has 3 aromatic rings. The van der Waals surface area contributed by atoms with E-state index >= 15 is 0 Å². The zero-order valence-electron chi connectivity index (χ0n) is 16.8. The molecule has 3 rings (SSSR count). The Morgan fingerprint density at radius 2 is 1.80 bits per heavy atom. The summed E-state index contributed by atoms with van der Waals surface area (Å²) in [5.74, 6) is 0.247. The van der Waals surface area contributed by atoms with Crippen molar-refractivity contribution < 1.29 is 17.9 Å². The van der Waals surface area contributed by atoms with Gasteiger partial charge in [-0.15, -0.1) is 0 Å². The molecule has 1 atom stereocenters. The minimum Gasteiger partial charge on any atom is -0.481 e. The molecule has 8 nitrogen and oxygen atoms in total. The van der Waals surface area contributed by atoms with Crippen LogP contribution in [-0.4, -0.2) is 30.4 Å². The van der Waals surface area contributed by atoms with Crippen LogP contribution < -0.4 is 14.8 Å². The average molecular weight is 426 g/mol. The largest absolute Gasteiger partial charge is 0.481 e. The summed E-state index contributed by atoms with van der Waals surface area (Å²) in [6.45, 7) is 5.32. The molecule has 0 aliphatic rings. The fourth-order valence-corrected chi connectivity index (χ4v) is 3.54. The molecule has 0 radical (unpaired) electrons. The molecule has 0 spiro atoms. The molecule has 1 aromatic heterocycles. The summed E-state index contributed by atoms with van der Waals surface area (Å²) in [6.07, 6.45) is 0.745. The molecule has 9 heteroatoms. The Morgan fingerprint density at radius 1 is 1.07 bits per heavy atom. The van der Waals surface area contributed by atoms with Crippen LogP contribution in [0.4, 0.5) is 11.6 Å². The van der Waals surface area contributed by atoms with E-state index in [4.69, 9.17) is 4.74 Å². The van der Waals surface area contributed by atoms with Crippen LogP contribution in [0, 0.1) is 13.8 Å². The monoisotopic (exact) mass is 426 g/mol. The number of nitrogens with one attached hydrogen (secondary N) is 2. The van der Waals surface area contributed by atoms with Crippen molar-refractivity contribution in [3.8, 4) is 5.75 Å². The van der Waals surface area contributed by atoms with E-state index in [1.807, 2.05) is 25.1 Å². The third kappa shape index (κ3) is 5.54. The van der Waals surface area contributed by atoms with E-state index in [0.717, 1.165) is 5.56 Å². The first-order chi connectivity index (χ1) is 14.2. The smallest absolute Gasteiger partial charge is 0.265 e. The third-order valence-corrected chi connectivity index (χ3v) is 5.47. The lowest BCUT2D eigenvalue weighted by atomic mass is 10.2. The van der Waals surface area contributed by atoms with Crippen molar-refractivity contribution in [2.24, 2.45) is 0 Å². The molecular formula is C21H22N4O4S. The van der Waals surface area contributed by atoms with Gasteiger partial charge < -0.3 is 10.1 Å². The number of aromatic nitrogens is 2. The number of carbonyl (C=O) groups excluding carboxylic acids is 1. The van der Waals surface area contributed by atoms with Gasteiger partial charge in [-0.1, -0.05) is 12.1 Å². The molecule has 0 aliphatic heterocycles. The summed E-state index contributed by atoms with van der Waals surface area (Å²) >= 11 is 0. The Labute approximate surface area is 175 Å². The first-order valence-electron chi connectivity index (χ1n) is 9.20. The quantitative estimate of drug-likeness (QED) is 0.600. The molecule has 0 unspecified atom stereocenters. The van der Waals surface area contributed by atoms with Gasteiger partial charge in [-0.3, -0.25) is 4.79 Å². The van der Waals surface area contributed by atoms with Crippen molar-refractivity contribution in [3.63, 3.8) is 0 Å². The Kier molecular flexibility index (Phi) is 6.31. The summed E-state index contributed by atoms with van der Waals surface area (Å²) in [6, 6.07) is 14.9. The fraction of sp³-hybridized carbons (Fsp3) is 0.190. The molecule has 2 aromatic carbocycles. The van der Waals surface area contributed by atoms with Crippen molar-refractivity contribution in [2.75, 3.05) is 10.0 Å². The molecule has 1 heterocycles. The number of sulfonamides is 1. The SMILES string of the molecule is Cc1cccc(O[C@@H](C)C(=O)Nc2ccc(S(=O)(=O)Nc3nccc(C)n3)cc2)c1. The lowest BCUT2D eigenvalue weighted by Gasteiger charge is -2.15. The van der Waals surface area contributed by atoms with E-state index < -0.39 is 16.1 Å². The first-order valence-corrected chi connectivity index (χ1v) is 10.7. The van der Waals surface area contributed by atoms with Gasteiger partial charge in [0.05, 0.1) is 4.90 Å². The topological polar surface area (TPSA) is 110 Å². The van der Waals surface area contributed by atoms with Crippen molar-refractivity contribution in [2.45, 2.75) is 31.8 Å². The maximum Gasteiger partial charge on any atom is 0.265 e. The van der Waals surface area contributed by atoms with Crippen molar-refractivity contribution in [3.05, 3.63) is 72.1 Å². The number of amides is 1. The van der Waals surface area contributed by atoms with Crippen LogP contribution in [0.5, 0.6) is 5.75 Å². The van der Waals surface area contributed by atoms with Crippen molar-refractivity contribution in [1.29, 1.82) is 0 Å². The summed E-state index contributed by atoms with van der Waals surface area (Å²) in [4.78, 5) is 20.3.